The topological polar surface area (TPSA) is 67.2 Å². The minimum atomic E-state index is -1.43. The Balaban J connectivity index is 1.66. The summed E-state index contributed by atoms with van der Waals surface area (Å²) in [7, 11) is 0. The molecule has 134 valence electrons. The van der Waals surface area contributed by atoms with Gasteiger partial charge in [0.1, 0.15) is 0 Å². The van der Waals surface area contributed by atoms with Crippen molar-refractivity contribution in [1.82, 2.24) is 14.9 Å². The minimum Gasteiger partial charge on any atom is -0.375 e. The van der Waals surface area contributed by atoms with Crippen molar-refractivity contribution in [3.8, 4) is 0 Å². The predicted octanol–water partition coefficient (Wildman–Crippen LogP) is 2.86. The molecule has 0 aliphatic heterocycles. The first-order valence-electron chi connectivity index (χ1n) is 9.23. The van der Waals surface area contributed by atoms with E-state index in [0.717, 1.165) is 38.6 Å². The molecule has 1 aromatic heterocycles. The zero-order valence-corrected chi connectivity index (χ0v) is 14.6. The van der Waals surface area contributed by atoms with Crippen LogP contribution in [-0.4, -0.2) is 27.1 Å². The number of carbonyl (C=O) groups is 1. The molecule has 5 nitrogen and oxygen atoms in total. The molecule has 2 N–H and O–H groups in total. The summed E-state index contributed by atoms with van der Waals surface area (Å²) in [6.07, 6.45) is 11.4. The molecule has 3 rings (SSSR count). The fourth-order valence-electron chi connectivity index (χ4n) is 3.78. The van der Waals surface area contributed by atoms with Crippen LogP contribution >= 0.6 is 0 Å². The van der Waals surface area contributed by atoms with Crippen molar-refractivity contribution >= 4 is 5.91 Å². The number of nitrogens with one attached hydrogen (secondary N) is 1. The van der Waals surface area contributed by atoms with E-state index in [1.165, 1.54) is 6.42 Å². The molecule has 1 fully saturated rings. The Morgan fingerprint density at radius 2 is 2.00 bits per heavy atom. The van der Waals surface area contributed by atoms with E-state index >= 15 is 0 Å². The molecule has 2 aromatic rings. The summed E-state index contributed by atoms with van der Waals surface area (Å²) in [6, 6.07) is 9.40. The van der Waals surface area contributed by atoms with Crippen LogP contribution in [0.5, 0.6) is 0 Å². The maximum Gasteiger partial charge on any atom is 0.256 e. The van der Waals surface area contributed by atoms with E-state index < -0.39 is 5.60 Å². The fraction of sp³-hybridized carbons (Fsp3) is 0.500. The molecule has 1 aliphatic rings. The monoisotopic (exact) mass is 341 g/mol. The largest absolute Gasteiger partial charge is 0.375 e. The van der Waals surface area contributed by atoms with Crippen LogP contribution in [0.1, 0.15) is 44.1 Å². The van der Waals surface area contributed by atoms with Gasteiger partial charge in [-0.25, -0.2) is 4.98 Å². The minimum absolute atomic E-state index is 0.0164. The molecule has 25 heavy (non-hydrogen) atoms. The summed E-state index contributed by atoms with van der Waals surface area (Å²) in [5.41, 5.74) is -0.731. The third-order valence-electron chi connectivity index (χ3n) is 5.19. The first-order valence-corrected chi connectivity index (χ1v) is 9.23. The smallest absolute Gasteiger partial charge is 0.256 e. The van der Waals surface area contributed by atoms with Crippen LogP contribution in [0, 0.1) is 5.92 Å². The van der Waals surface area contributed by atoms with E-state index in [2.05, 4.69) is 10.3 Å². The van der Waals surface area contributed by atoms with Crippen LogP contribution in [0.4, 0.5) is 0 Å². The lowest BCUT2D eigenvalue weighted by molar-refractivity contribution is -0.149. The number of hydrogen-bond acceptors (Lipinski definition) is 3. The molecule has 0 spiro atoms. The van der Waals surface area contributed by atoms with Gasteiger partial charge in [0.25, 0.3) is 5.91 Å². The van der Waals surface area contributed by atoms with Crippen molar-refractivity contribution in [2.24, 2.45) is 5.92 Å². The standard InChI is InChI=1S/C20H27N3O2/c24-19(22-12-7-14-23-15-13-21-16-23)20(25,17-8-3-1-4-9-17)18-10-5-2-6-11-18/h1,3-4,8-9,13,15-16,18,25H,2,5-7,10-12,14H2,(H,22,24). The number of amides is 1. The summed E-state index contributed by atoms with van der Waals surface area (Å²) < 4.78 is 1.98. The van der Waals surface area contributed by atoms with E-state index in [-0.39, 0.29) is 11.8 Å². The molecule has 5 heteroatoms. The third kappa shape index (κ3) is 4.10. The summed E-state index contributed by atoms with van der Waals surface area (Å²) in [6.45, 7) is 1.34. The average Bonchev–Trinajstić information content (AvgIpc) is 3.19. The predicted molar refractivity (Wildman–Crippen MR) is 96.8 cm³/mol. The molecule has 1 unspecified atom stereocenters. The first kappa shape index (κ1) is 17.7. The fourth-order valence-corrected chi connectivity index (χ4v) is 3.78. The molecule has 1 amide bonds. The summed E-state index contributed by atoms with van der Waals surface area (Å²) in [5, 5.41) is 14.4. The summed E-state index contributed by atoms with van der Waals surface area (Å²) >= 11 is 0. The van der Waals surface area contributed by atoms with Crippen LogP contribution in [-0.2, 0) is 16.9 Å². The quantitative estimate of drug-likeness (QED) is 0.761. The van der Waals surface area contributed by atoms with Gasteiger partial charge in [-0.1, -0.05) is 49.6 Å². The molecular formula is C20H27N3O2. The number of hydrogen-bond donors (Lipinski definition) is 2. The molecule has 1 saturated carbocycles. The average molecular weight is 341 g/mol. The molecule has 1 aromatic carbocycles. The number of benzene rings is 1. The molecule has 0 radical (unpaired) electrons. The molecule has 1 atom stereocenters. The Hall–Kier alpha value is -2.14. The maximum atomic E-state index is 12.9. The Morgan fingerprint density at radius 1 is 1.24 bits per heavy atom. The zero-order valence-electron chi connectivity index (χ0n) is 14.6. The number of imidazole rings is 1. The molecule has 1 aliphatic carbocycles. The van der Waals surface area contributed by atoms with E-state index in [9.17, 15) is 9.90 Å². The number of aryl methyl sites for hydroxylation is 1. The first-order chi connectivity index (χ1) is 12.2. The Labute approximate surface area is 149 Å². The van der Waals surface area contributed by atoms with Gasteiger partial charge in [-0.05, 0) is 24.8 Å². The molecule has 0 bridgehead atoms. The van der Waals surface area contributed by atoms with Gasteiger partial charge >= 0.3 is 0 Å². The van der Waals surface area contributed by atoms with Crippen LogP contribution < -0.4 is 5.32 Å². The van der Waals surface area contributed by atoms with Crippen molar-refractivity contribution in [1.29, 1.82) is 0 Å². The van der Waals surface area contributed by atoms with Gasteiger partial charge in [-0.15, -0.1) is 0 Å². The summed E-state index contributed by atoms with van der Waals surface area (Å²) in [5.74, 6) is -0.284. The number of aliphatic hydroxyl groups is 1. The Kier molecular flexibility index (Phi) is 5.87. The lowest BCUT2D eigenvalue weighted by Gasteiger charge is -2.37. The molecule has 1 heterocycles. The van der Waals surface area contributed by atoms with E-state index in [4.69, 9.17) is 0 Å². The van der Waals surface area contributed by atoms with Crippen LogP contribution in [0.2, 0.25) is 0 Å². The van der Waals surface area contributed by atoms with Crippen LogP contribution in [0.25, 0.3) is 0 Å². The van der Waals surface area contributed by atoms with Gasteiger partial charge in [0.2, 0.25) is 0 Å². The number of aromatic nitrogens is 2. The number of nitrogens with zero attached hydrogens (tertiary/aromatic N) is 2. The van der Waals surface area contributed by atoms with Crippen molar-refractivity contribution in [3.05, 3.63) is 54.6 Å². The van der Waals surface area contributed by atoms with Crippen LogP contribution in [0.15, 0.2) is 49.1 Å². The highest BCUT2D eigenvalue weighted by atomic mass is 16.3. The second-order valence-corrected chi connectivity index (χ2v) is 6.88. The number of carbonyl (C=O) groups excluding carboxylic acids is 1. The summed E-state index contributed by atoms with van der Waals surface area (Å²) in [4.78, 5) is 17.0. The highest BCUT2D eigenvalue weighted by molar-refractivity contribution is 5.86. The normalized spacial score (nSPS) is 17.8. The highest BCUT2D eigenvalue weighted by Crippen LogP contribution is 2.39. The third-order valence-corrected chi connectivity index (χ3v) is 5.19. The van der Waals surface area contributed by atoms with E-state index in [0.29, 0.717) is 12.1 Å². The van der Waals surface area contributed by atoms with E-state index in [1.807, 2.05) is 41.1 Å². The zero-order chi connectivity index (χ0) is 17.5. The maximum absolute atomic E-state index is 12.9. The van der Waals surface area contributed by atoms with Gasteiger partial charge in [-0.3, -0.25) is 4.79 Å². The highest BCUT2D eigenvalue weighted by Gasteiger charge is 2.45. The van der Waals surface area contributed by atoms with Gasteiger partial charge < -0.3 is 15.0 Å². The Bertz CT molecular complexity index is 651. The van der Waals surface area contributed by atoms with E-state index in [1.54, 1.807) is 12.5 Å². The van der Waals surface area contributed by atoms with Gasteiger partial charge in [-0.2, -0.15) is 0 Å². The second kappa shape index (κ2) is 8.30. The van der Waals surface area contributed by atoms with Crippen molar-refractivity contribution in [3.63, 3.8) is 0 Å². The number of rotatable bonds is 7. The SMILES string of the molecule is O=C(NCCCn1ccnc1)C(O)(c1ccccc1)C1CCCCC1. The van der Waals surface area contributed by atoms with Gasteiger partial charge in [0.15, 0.2) is 5.60 Å². The van der Waals surface area contributed by atoms with Crippen LogP contribution in [0.3, 0.4) is 0 Å². The lowest BCUT2D eigenvalue weighted by atomic mass is 9.73. The Morgan fingerprint density at radius 3 is 2.68 bits per heavy atom. The lowest BCUT2D eigenvalue weighted by Crippen LogP contribution is -2.50. The van der Waals surface area contributed by atoms with Crippen molar-refractivity contribution < 1.29 is 9.90 Å². The molecule has 0 saturated heterocycles. The molecular weight excluding hydrogens is 314 g/mol. The van der Waals surface area contributed by atoms with Crippen molar-refractivity contribution in [2.75, 3.05) is 6.54 Å². The van der Waals surface area contributed by atoms with Gasteiger partial charge in [0, 0.05) is 31.4 Å². The van der Waals surface area contributed by atoms with Gasteiger partial charge in [0.05, 0.1) is 6.33 Å². The second-order valence-electron chi connectivity index (χ2n) is 6.88. The van der Waals surface area contributed by atoms with Crippen molar-refractivity contribution in [2.45, 2.75) is 50.7 Å².